The van der Waals surface area contributed by atoms with E-state index in [2.05, 4.69) is 13.8 Å². The van der Waals surface area contributed by atoms with Crippen molar-refractivity contribution in [2.75, 3.05) is 0 Å². The van der Waals surface area contributed by atoms with Gasteiger partial charge in [0.1, 0.15) is 0 Å². The molecule has 0 aromatic heterocycles. The maximum Gasteiger partial charge on any atom is 0.426 e. The number of aliphatic hydroxyl groups is 1. The van der Waals surface area contributed by atoms with E-state index < -0.39 is 30.3 Å². The van der Waals surface area contributed by atoms with Crippen LogP contribution in [-0.4, -0.2) is 23.1 Å². The minimum atomic E-state index is -5.70. The third-order valence-corrected chi connectivity index (χ3v) is 6.32. The fraction of sp³-hybridized carbons (Fsp3) is 1.00. The Kier molecular flexibility index (Phi) is 4.77. The summed E-state index contributed by atoms with van der Waals surface area (Å²) in [6.45, 7) is 5.87. The van der Waals surface area contributed by atoms with Gasteiger partial charge in [0.05, 0.1) is 0 Å². The Morgan fingerprint density at radius 1 is 0.913 bits per heavy atom. The molecule has 2 fully saturated rings. The van der Waals surface area contributed by atoms with Gasteiger partial charge in [-0.1, -0.05) is 33.6 Å². The van der Waals surface area contributed by atoms with Crippen LogP contribution in [0.2, 0.25) is 0 Å². The van der Waals surface area contributed by atoms with Crippen LogP contribution in [0.4, 0.5) is 26.3 Å². The van der Waals surface area contributed by atoms with E-state index in [4.69, 9.17) is 0 Å². The summed E-state index contributed by atoms with van der Waals surface area (Å²) in [4.78, 5) is 0. The number of hydrogen-bond acceptors (Lipinski definition) is 1. The van der Waals surface area contributed by atoms with Crippen molar-refractivity contribution < 1.29 is 31.4 Å². The smallest absolute Gasteiger partial charge is 0.374 e. The molecule has 1 nitrogen and oxygen atoms in total. The van der Waals surface area contributed by atoms with E-state index in [1.54, 1.807) is 6.92 Å². The Morgan fingerprint density at radius 2 is 1.35 bits per heavy atom. The standard InChI is InChI=1S/C16H24F6O/c1-4-10-11(5-2)13(10)12-6-9(8(12)3)7-14(23,15(17,18)19)16(20,21)22/h8-13,23H,4-7H2,1-3H3. The minimum Gasteiger partial charge on any atom is -0.374 e. The lowest BCUT2D eigenvalue weighted by molar-refractivity contribution is -0.375. The number of alkyl halides is 6. The Morgan fingerprint density at radius 3 is 1.65 bits per heavy atom. The summed E-state index contributed by atoms with van der Waals surface area (Å²) in [5.41, 5.74) is -4.60. The van der Waals surface area contributed by atoms with Crippen LogP contribution in [0, 0.1) is 35.5 Å². The monoisotopic (exact) mass is 346 g/mol. The molecule has 0 radical (unpaired) electrons. The molecule has 136 valence electrons. The third kappa shape index (κ3) is 2.98. The van der Waals surface area contributed by atoms with E-state index in [9.17, 15) is 31.4 Å². The number of halogens is 6. The molecule has 0 amide bonds. The second-order valence-electron chi connectivity index (χ2n) is 7.30. The van der Waals surface area contributed by atoms with Gasteiger partial charge in [-0.05, 0) is 48.3 Å². The zero-order valence-electron chi connectivity index (χ0n) is 13.5. The molecule has 0 aromatic rings. The van der Waals surface area contributed by atoms with Crippen LogP contribution < -0.4 is 0 Å². The molecule has 0 spiro atoms. The van der Waals surface area contributed by atoms with Gasteiger partial charge in [-0.2, -0.15) is 26.3 Å². The molecule has 1 N–H and O–H groups in total. The zero-order valence-corrected chi connectivity index (χ0v) is 13.5. The van der Waals surface area contributed by atoms with Gasteiger partial charge in [0.2, 0.25) is 0 Å². The average molecular weight is 346 g/mol. The summed E-state index contributed by atoms with van der Waals surface area (Å²) in [5.74, 6) is 0.794. The molecule has 2 rings (SSSR count). The summed E-state index contributed by atoms with van der Waals surface area (Å²) < 4.78 is 76.7. The highest BCUT2D eigenvalue weighted by molar-refractivity contribution is 5.07. The topological polar surface area (TPSA) is 20.2 Å². The van der Waals surface area contributed by atoms with Crippen molar-refractivity contribution in [2.45, 2.75) is 64.4 Å². The first-order valence-corrected chi connectivity index (χ1v) is 8.24. The highest BCUT2D eigenvalue weighted by Gasteiger charge is 2.71. The molecule has 5 atom stereocenters. The summed E-state index contributed by atoms with van der Waals surface area (Å²) in [6.07, 6.45) is -10.3. The molecule has 2 aliphatic rings. The molecule has 0 saturated heterocycles. The SMILES string of the molecule is CCC1C(CC)C1C1CC(CC(O)(C(F)(F)F)C(F)(F)F)C1C. The predicted octanol–water partition coefficient (Wildman–Crippen LogP) is 5.19. The van der Waals surface area contributed by atoms with Crippen molar-refractivity contribution >= 4 is 0 Å². The number of hydrogen-bond donors (Lipinski definition) is 1. The Hall–Kier alpha value is -0.460. The largest absolute Gasteiger partial charge is 0.426 e. The lowest BCUT2D eigenvalue weighted by atomic mass is 9.60. The molecule has 2 aliphatic carbocycles. The van der Waals surface area contributed by atoms with Gasteiger partial charge < -0.3 is 5.11 Å². The molecular weight excluding hydrogens is 322 g/mol. The maximum absolute atomic E-state index is 12.8. The highest BCUT2D eigenvalue weighted by atomic mass is 19.4. The molecule has 23 heavy (non-hydrogen) atoms. The van der Waals surface area contributed by atoms with Crippen molar-refractivity contribution in [3.8, 4) is 0 Å². The minimum absolute atomic E-state index is 0.195. The van der Waals surface area contributed by atoms with Crippen LogP contribution in [0.5, 0.6) is 0 Å². The van der Waals surface area contributed by atoms with Crippen molar-refractivity contribution in [1.29, 1.82) is 0 Å². The van der Waals surface area contributed by atoms with E-state index in [-0.39, 0.29) is 11.8 Å². The second-order valence-corrected chi connectivity index (χ2v) is 7.30. The van der Waals surface area contributed by atoms with Gasteiger partial charge in [-0.15, -0.1) is 0 Å². The lowest BCUT2D eigenvalue weighted by Gasteiger charge is -2.47. The molecule has 7 heteroatoms. The molecular formula is C16H24F6O. The van der Waals surface area contributed by atoms with E-state index in [1.807, 2.05) is 0 Å². The highest BCUT2D eigenvalue weighted by Crippen LogP contribution is 2.64. The van der Waals surface area contributed by atoms with Crippen LogP contribution in [-0.2, 0) is 0 Å². The molecule has 0 aliphatic heterocycles. The Bertz CT molecular complexity index is 405. The van der Waals surface area contributed by atoms with Crippen LogP contribution in [0.15, 0.2) is 0 Å². The average Bonchev–Trinajstić information content (AvgIpc) is 3.12. The van der Waals surface area contributed by atoms with Gasteiger partial charge in [0.25, 0.3) is 5.60 Å². The van der Waals surface area contributed by atoms with E-state index in [0.29, 0.717) is 24.2 Å². The van der Waals surface area contributed by atoms with E-state index in [1.165, 1.54) is 0 Å². The quantitative estimate of drug-likeness (QED) is 0.680. The second kappa shape index (κ2) is 5.81. The van der Waals surface area contributed by atoms with Crippen LogP contribution in [0.25, 0.3) is 0 Å². The van der Waals surface area contributed by atoms with Crippen molar-refractivity contribution in [1.82, 2.24) is 0 Å². The van der Waals surface area contributed by atoms with Crippen LogP contribution in [0.1, 0.15) is 46.5 Å². The van der Waals surface area contributed by atoms with Gasteiger partial charge in [-0.3, -0.25) is 0 Å². The molecule has 0 aromatic carbocycles. The van der Waals surface area contributed by atoms with Gasteiger partial charge in [0, 0.05) is 0 Å². The Labute approximate surface area is 132 Å². The van der Waals surface area contributed by atoms with Gasteiger partial charge in [0.15, 0.2) is 0 Å². The molecule has 2 saturated carbocycles. The normalized spacial score (nSPS) is 38.3. The van der Waals surface area contributed by atoms with Crippen LogP contribution >= 0.6 is 0 Å². The molecule has 5 unspecified atom stereocenters. The van der Waals surface area contributed by atoms with Crippen molar-refractivity contribution in [2.24, 2.45) is 35.5 Å². The fourth-order valence-corrected chi connectivity index (χ4v) is 4.74. The maximum atomic E-state index is 12.8. The fourth-order valence-electron chi connectivity index (χ4n) is 4.74. The Balaban J connectivity index is 2.03. The van der Waals surface area contributed by atoms with E-state index in [0.717, 1.165) is 12.8 Å². The summed E-state index contributed by atoms with van der Waals surface area (Å²) in [7, 11) is 0. The van der Waals surface area contributed by atoms with E-state index >= 15 is 0 Å². The first-order chi connectivity index (χ1) is 10.4. The first kappa shape index (κ1) is 18.9. The lowest BCUT2D eigenvalue weighted by Crippen LogP contribution is -2.59. The van der Waals surface area contributed by atoms with Gasteiger partial charge in [-0.25, -0.2) is 0 Å². The predicted molar refractivity (Wildman–Crippen MR) is 73.5 cm³/mol. The molecule has 0 heterocycles. The molecule has 0 bridgehead atoms. The number of rotatable bonds is 5. The van der Waals surface area contributed by atoms with Gasteiger partial charge >= 0.3 is 12.4 Å². The van der Waals surface area contributed by atoms with Crippen molar-refractivity contribution in [3.05, 3.63) is 0 Å². The first-order valence-electron chi connectivity index (χ1n) is 8.24. The third-order valence-electron chi connectivity index (χ3n) is 6.32. The van der Waals surface area contributed by atoms with Crippen molar-refractivity contribution in [3.63, 3.8) is 0 Å². The van der Waals surface area contributed by atoms with Crippen LogP contribution in [0.3, 0.4) is 0 Å². The summed E-state index contributed by atoms with van der Waals surface area (Å²) >= 11 is 0. The summed E-state index contributed by atoms with van der Waals surface area (Å²) in [5, 5.41) is 9.32. The summed E-state index contributed by atoms with van der Waals surface area (Å²) in [6, 6.07) is 0. The zero-order chi connectivity index (χ0) is 17.8.